The van der Waals surface area contributed by atoms with E-state index in [-0.39, 0.29) is 12.5 Å². The minimum absolute atomic E-state index is 0.0661. The van der Waals surface area contributed by atoms with Crippen molar-refractivity contribution in [3.63, 3.8) is 0 Å². The van der Waals surface area contributed by atoms with E-state index in [1.54, 1.807) is 31.3 Å². The highest BCUT2D eigenvalue weighted by Crippen LogP contribution is 2.07. The monoisotopic (exact) mass is 266 g/mol. The van der Waals surface area contributed by atoms with Crippen molar-refractivity contribution in [2.24, 2.45) is 0 Å². The van der Waals surface area contributed by atoms with Crippen LogP contribution in [0.25, 0.3) is 0 Å². The molecule has 0 radical (unpaired) electrons. The number of alkyl carbamates (subject to hydrolysis) is 1. The normalized spacial score (nSPS) is 9.84. The molecular formula is C13H18N2O4. The van der Waals surface area contributed by atoms with Crippen LogP contribution in [0.2, 0.25) is 0 Å². The number of hydrogen-bond donors (Lipinski definition) is 2. The first-order valence-electron chi connectivity index (χ1n) is 5.85. The first kappa shape index (κ1) is 15.0. The van der Waals surface area contributed by atoms with Crippen LogP contribution in [0, 0.1) is 0 Å². The molecule has 0 unspecified atom stereocenters. The van der Waals surface area contributed by atoms with Crippen molar-refractivity contribution in [3.8, 4) is 0 Å². The van der Waals surface area contributed by atoms with E-state index in [9.17, 15) is 9.59 Å². The van der Waals surface area contributed by atoms with E-state index in [0.29, 0.717) is 18.7 Å². The minimum Gasteiger partial charge on any atom is -0.453 e. The molecule has 0 saturated heterocycles. The minimum atomic E-state index is -0.497. The Labute approximate surface area is 112 Å². The van der Waals surface area contributed by atoms with Crippen LogP contribution in [0.15, 0.2) is 24.3 Å². The van der Waals surface area contributed by atoms with Crippen molar-refractivity contribution in [2.75, 3.05) is 27.3 Å². The molecule has 0 aliphatic carbocycles. The summed E-state index contributed by atoms with van der Waals surface area (Å²) in [4.78, 5) is 24.2. The highest BCUT2D eigenvalue weighted by atomic mass is 16.5. The summed E-state index contributed by atoms with van der Waals surface area (Å²) in [7, 11) is 2.93. The van der Waals surface area contributed by atoms with Crippen molar-refractivity contribution < 1.29 is 19.4 Å². The summed E-state index contributed by atoms with van der Waals surface area (Å²) in [5.74, 6) is -0.151. The van der Waals surface area contributed by atoms with Gasteiger partial charge in [0.15, 0.2) is 0 Å². The van der Waals surface area contributed by atoms with Crippen LogP contribution in [-0.4, -0.2) is 49.3 Å². The number of aliphatic hydroxyl groups excluding tert-OH is 1. The van der Waals surface area contributed by atoms with Gasteiger partial charge in [0.2, 0.25) is 0 Å². The fraction of sp³-hybridized carbons (Fsp3) is 0.385. The molecule has 1 rings (SSSR count). The Morgan fingerprint density at radius 1 is 1.32 bits per heavy atom. The molecule has 0 fully saturated rings. The first-order chi connectivity index (χ1) is 9.08. The molecule has 0 aliphatic rings. The fourth-order valence-electron chi connectivity index (χ4n) is 1.48. The van der Waals surface area contributed by atoms with Gasteiger partial charge in [-0.15, -0.1) is 0 Å². The number of carbonyl (C=O) groups excluding carboxylic acids is 2. The van der Waals surface area contributed by atoms with E-state index in [0.717, 1.165) is 5.56 Å². The maximum atomic E-state index is 11.9. The van der Waals surface area contributed by atoms with Crippen LogP contribution in [0.3, 0.4) is 0 Å². The summed E-state index contributed by atoms with van der Waals surface area (Å²) < 4.78 is 4.46. The van der Waals surface area contributed by atoms with Gasteiger partial charge in [0.25, 0.3) is 5.91 Å². The Morgan fingerprint density at radius 3 is 2.47 bits per heavy atom. The van der Waals surface area contributed by atoms with E-state index in [2.05, 4.69) is 10.1 Å². The SMILES string of the molecule is COC(=O)NCc1ccc(C(=O)N(C)CCO)cc1. The zero-order valence-electron chi connectivity index (χ0n) is 11.0. The molecular weight excluding hydrogens is 248 g/mol. The highest BCUT2D eigenvalue weighted by Gasteiger charge is 2.10. The highest BCUT2D eigenvalue weighted by molar-refractivity contribution is 5.94. The molecule has 104 valence electrons. The van der Waals surface area contributed by atoms with Crippen molar-refractivity contribution in [1.29, 1.82) is 0 Å². The lowest BCUT2D eigenvalue weighted by molar-refractivity contribution is 0.0767. The van der Waals surface area contributed by atoms with Gasteiger partial charge < -0.3 is 20.1 Å². The second-order valence-electron chi connectivity index (χ2n) is 3.99. The molecule has 6 heteroatoms. The number of nitrogens with zero attached hydrogens (tertiary/aromatic N) is 1. The fourth-order valence-corrected chi connectivity index (χ4v) is 1.48. The van der Waals surface area contributed by atoms with Gasteiger partial charge >= 0.3 is 6.09 Å². The van der Waals surface area contributed by atoms with Gasteiger partial charge in [-0.3, -0.25) is 4.79 Å². The molecule has 0 atom stereocenters. The molecule has 0 bridgehead atoms. The number of nitrogens with one attached hydrogen (secondary N) is 1. The van der Waals surface area contributed by atoms with Crippen molar-refractivity contribution in [2.45, 2.75) is 6.54 Å². The number of hydrogen-bond acceptors (Lipinski definition) is 4. The van der Waals surface area contributed by atoms with Crippen LogP contribution < -0.4 is 5.32 Å². The van der Waals surface area contributed by atoms with Crippen molar-refractivity contribution in [3.05, 3.63) is 35.4 Å². The first-order valence-corrected chi connectivity index (χ1v) is 5.85. The number of likely N-dealkylation sites (N-methyl/N-ethyl adjacent to an activating group) is 1. The molecule has 2 N–H and O–H groups in total. The predicted molar refractivity (Wildman–Crippen MR) is 69.7 cm³/mol. The molecule has 0 saturated carbocycles. The summed E-state index contributed by atoms with van der Waals surface area (Å²) in [6.07, 6.45) is -0.497. The van der Waals surface area contributed by atoms with Gasteiger partial charge in [-0.25, -0.2) is 4.79 Å². The van der Waals surface area contributed by atoms with Gasteiger partial charge in [-0.1, -0.05) is 12.1 Å². The van der Waals surface area contributed by atoms with Crippen LogP contribution in [-0.2, 0) is 11.3 Å². The smallest absolute Gasteiger partial charge is 0.407 e. The third kappa shape index (κ3) is 4.59. The Bertz CT molecular complexity index is 431. The average Bonchev–Trinajstić information content (AvgIpc) is 2.44. The zero-order chi connectivity index (χ0) is 14.3. The number of aliphatic hydroxyl groups is 1. The number of rotatable bonds is 5. The standard InChI is InChI=1S/C13H18N2O4/c1-15(7-8-16)12(17)11-5-3-10(4-6-11)9-14-13(18)19-2/h3-6,16H,7-9H2,1-2H3,(H,14,18). The number of methoxy groups -OCH3 is 1. The van der Waals surface area contributed by atoms with Crippen molar-refractivity contribution in [1.82, 2.24) is 10.2 Å². The van der Waals surface area contributed by atoms with E-state index in [4.69, 9.17) is 5.11 Å². The zero-order valence-corrected chi connectivity index (χ0v) is 11.0. The Kier molecular flexibility index (Phi) is 5.81. The number of carbonyl (C=O) groups is 2. The lowest BCUT2D eigenvalue weighted by Crippen LogP contribution is -2.29. The molecule has 0 heterocycles. The van der Waals surface area contributed by atoms with E-state index < -0.39 is 6.09 Å². The Balaban J connectivity index is 2.60. The van der Waals surface area contributed by atoms with Gasteiger partial charge in [0.1, 0.15) is 0 Å². The maximum absolute atomic E-state index is 11.9. The van der Waals surface area contributed by atoms with Crippen LogP contribution >= 0.6 is 0 Å². The quantitative estimate of drug-likeness (QED) is 0.818. The molecule has 0 aliphatic heterocycles. The van der Waals surface area contributed by atoms with E-state index in [1.165, 1.54) is 12.0 Å². The molecule has 19 heavy (non-hydrogen) atoms. The molecule has 0 aromatic heterocycles. The topological polar surface area (TPSA) is 78.9 Å². The molecule has 6 nitrogen and oxygen atoms in total. The lowest BCUT2D eigenvalue weighted by atomic mass is 10.1. The number of benzene rings is 1. The predicted octanol–water partition coefficient (Wildman–Crippen LogP) is 0.607. The second kappa shape index (κ2) is 7.38. The van der Waals surface area contributed by atoms with Crippen LogP contribution in [0.5, 0.6) is 0 Å². The summed E-state index contributed by atoms with van der Waals surface area (Å²) in [6.45, 7) is 0.571. The van der Waals surface area contributed by atoms with Gasteiger partial charge in [0, 0.05) is 25.7 Å². The van der Waals surface area contributed by atoms with E-state index >= 15 is 0 Å². The number of amides is 2. The largest absolute Gasteiger partial charge is 0.453 e. The number of ether oxygens (including phenoxy) is 1. The van der Waals surface area contributed by atoms with E-state index in [1.807, 2.05) is 0 Å². The lowest BCUT2D eigenvalue weighted by Gasteiger charge is -2.15. The van der Waals surface area contributed by atoms with Gasteiger partial charge in [-0.05, 0) is 17.7 Å². The summed E-state index contributed by atoms with van der Waals surface area (Å²) >= 11 is 0. The third-order valence-corrected chi connectivity index (χ3v) is 2.61. The second-order valence-corrected chi connectivity index (χ2v) is 3.99. The average molecular weight is 266 g/mol. The molecule has 2 amide bonds. The van der Waals surface area contributed by atoms with Crippen molar-refractivity contribution >= 4 is 12.0 Å². The Hall–Kier alpha value is -2.08. The molecule has 1 aromatic carbocycles. The summed E-state index contributed by atoms with van der Waals surface area (Å²) in [5, 5.41) is 11.3. The Morgan fingerprint density at radius 2 is 1.95 bits per heavy atom. The van der Waals surface area contributed by atoms with Gasteiger partial charge in [-0.2, -0.15) is 0 Å². The molecule has 1 aromatic rings. The molecule has 0 spiro atoms. The van der Waals surface area contributed by atoms with Gasteiger partial charge in [0.05, 0.1) is 13.7 Å². The summed E-state index contributed by atoms with van der Waals surface area (Å²) in [5.41, 5.74) is 1.41. The maximum Gasteiger partial charge on any atom is 0.407 e. The van der Waals surface area contributed by atoms with Crippen LogP contribution in [0.4, 0.5) is 4.79 Å². The third-order valence-electron chi connectivity index (χ3n) is 2.61. The summed E-state index contributed by atoms with van der Waals surface area (Å²) in [6, 6.07) is 6.89. The van der Waals surface area contributed by atoms with Crippen LogP contribution in [0.1, 0.15) is 15.9 Å².